The lowest BCUT2D eigenvalue weighted by Gasteiger charge is -2.15. The fourth-order valence-electron chi connectivity index (χ4n) is 2.38. The molecule has 0 bridgehead atoms. The second kappa shape index (κ2) is 8.52. The molecular weight excluding hydrogens is 421 g/mol. The summed E-state index contributed by atoms with van der Waals surface area (Å²) in [7, 11) is -4.02. The van der Waals surface area contributed by atoms with Crippen molar-refractivity contribution in [1.82, 2.24) is 0 Å². The van der Waals surface area contributed by atoms with Gasteiger partial charge in [-0.2, -0.15) is 0 Å². The standard InChI is InChI=1S/C19H15Cl2N3O3S/c20-14-9-6-12-17(18(14)21)28(26,27)24-16-11-5-4-10-15(16)23-19(25)22-13-7-2-1-3-8-13/h1-12,24H,(H2,22,23,25). The third-order valence-corrected chi connectivity index (χ3v) is 6.00. The maximum absolute atomic E-state index is 12.7. The predicted octanol–water partition coefficient (Wildman–Crippen LogP) is 5.44. The molecule has 9 heteroatoms. The van der Waals surface area contributed by atoms with Crippen molar-refractivity contribution in [2.75, 3.05) is 15.4 Å². The molecule has 0 heterocycles. The molecule has 0 aliphatic carbocycles. The van der Waals surface area contributed by atoms with Crippen LogP contribution in [0.1, 0.15) is 0 Å². The molecule has 0 radical (unpaired) electrons. The number of hydrogen-bond donors (Lipinski definition) is 3. The third-order valence-electron chi connectivity index (χ3n) is 3.66. The Labute approximate surface area is 172 Å². The second-order valence-corrected chi connectivity index (χ2v) is 8.08. The van der Waals surface area contributed by atoms with Crippen LogP contribution in [0.15, 0.2) is 77.7 Å². The number of hydrogen-bond acceptors (Lipinski definition) is 3. The van der Waals surface area contributed by atoms with Crippen molar-refractivity contribution in [3.05, 3.63) is 82.8 Å². The van der Waals surface area contributed by atoms with Gasteiger partial charge in [-0.15, -0.1) is 0 Å². The molecule has 28 heavy (non-hydrogen) atoms. The van der Waals surface area contributed by atoms with Crippen LogP contribution in [-0.2, 0) is 10.0 Å². The maximum atomic E-state index is 12.7. The summed E-state index contributed by atoms with van der Waals surface area (Å²) < 4.78 is 27.9. The first-order valence-electron chi connectivity index (χ1n) is 8.06. The van der Waals surface area contributed by atoms with Gasteiger partial charge in [0.05, 0.1) is 21.4 Å². The second-order valence-electron chi connectivity index (χ2n) is 5.65. The summed E-state index contributed by atoms with van der Waals surface area (Å²) in [6.45, 7) is 0. The number of amides is 2. The molecule has 3 aromatic carbocycles. The zero-order valence-electron chi connectivity index (χ0n) is 14.3. The number of carbonyl (C=O) groups is 1. The Morgan fingerprint density at radius 3 is 2.11 bits per heavy atom. The fraction of sp³-hybridized carbons (Fsp3) is 0. The van der Waals surface area contributed by atoms with E-state index in [-0.39, 0.29) is 26.3 Å². The van der Waals surface area contributed by atoms with Crippen LogP contribution in [0.5, 0.6) is 0 Å². The van der Waals surface area contributed by atoms with E-state index in [0.29, 0.717) is 5.69 Å². The molecule has 0 atom stereocenters. The third kappa shape index (κ3) is 4.75. The fourth-order valence-corrected chi connectivity index (χ4v) is 4.22. The van der Waals surface area contributed by atoms with Gasteiger partial charge in [0.15, 0.2) is 0 Å². The van der Waals surface area contributed by atoms with Crippen LogP contribution in [0.25, 0.3) is 0 Å². The molecule has 0 saturated carbocycles. The SMILES string of the molecule is O=C(Nc1ccccc1)Nc1ccccc1NS(=O)(=O)c1cccc(Cl)c1Cl. The van der Waals surface area contributed by atoms with Gasteiger partial charge >= 0.3 is 6.03 Å². The van der Waals surface area contributed by atoms with Crippen LogP contribution in [-0.4, -0.2) is 14.4 Å². The molecule has 3 aromatic rings. The summed E-state index contributed by atoms with van der Waals surface area (Å²) in [6.07, 6.45) is 0. The van der Waals surface area contributed by atoms with E-state index in [4.69, 9.17) is 23.2 Å². The Balaban J connectivity index is 1.82. The molecule has 3 rings (SSSR count). The topological polar surface area (TPSA) is 87.3 Å². The summed E-state index contributed by atoms with van der Waals surface area (Å²) >= 11 is 11.9. The molecule has 6 nitrogen and oxygen atoms in total. The molecular formula is C19H15Cl2N3O3S. The molecule has 2 amide bonds. The number of para-hydroxylation sites is 3. The van der Waals surface area contributed by atoms with Crippen molar-refractivity contribution < 1.29 is 13.2 Å². The quantitative estimate of drug-likeness (QED) is 0.498. The first-order valence-corrected chi connectivity index (χ1v) is 10.3. The van der Waals surface area contributed by atoms with E-state index in [2.05, 4.69) is 15.4 Å². The lowest BCUT2D eigenvalue weighted by molar-refractivity contribution is 0.262. The average molecular weight is 436 g/mol. The van der Waals surface area contributed by atoms with Gasteiger partial charge in [-0.3, -0.25) is 4.72 Å². The number of urea groups is 1. The minimum Gasteiger partial charge on any atom is -0.308 e. The Hall–Kier alpha value is -2.74. The molecule has 0 saturated heterocycles. The summed E-state index contributed by atoms with van der Waals surface area (Å²) in [6, 6.07) is 19.1. The molecule has 0 unspecified atom stereocenters. The first kappa shape index (κ1) is 20.0. The lowest BCUT2D eigenvalue weighted by atomic mass is 10.3. The van der Waals surface area contributed by atoms with Crippen molar-refractivity contribution >= 4 is 56.3 Å². The maximum Gasteiger partial charge on any atom is 0.323 e. The van der Waals surface area contributed by atoms with Gasteiger partial charge in [0.25, 0.3) is 10.0 Å². The van der Waals surface area contributed by atoms with Crippen LogP contribution in [0.3, 0.4) is 0 Å². The lowest BCUT2D eigenvalue weighted by Crippen LogP contribution is -2.21. The summed E-state index contributed by atoms with van der Waals surface area (Å²) in [5, 5.41) is 5.33. The van der Waals surface area contributed by atoms with Crippen molar-refractivity contribution in [2.24, 2.45) is 0 Å². The zero-order chi connectivity index (χ0) is 20.1. The van der Waals surface area contributed by atoms with Gasteiger partial charge in [0, 0.05) is 5.69 Å². The molecule has 0 aliphatic heterocycles. The van der Waals surface area contributed by atoms with Crippen molar-refractivity contribution in [3.63, 3.8) is 0 Å². The summed E-state index contributed by atoms with van der Waals surface area (Å²) in [4.78, 5) is 12.1. The van der Waals surface area contributed by atoms with E-state index in [1.165, 1.54) is 24.3 Å². The van der Waals surface area contributed by atoms with E-state index < -0.39 is 16.1 Å². The number of sulfonamides is 1. The number of benzene rings is 3. The molecule has 144 valence electrons. The number of nitrogens with one attached hydrogen (secondary N) is 3. The minimum atomic E-state index is -4.02. The Bertz CT molecular complexity index is 1110. The van der Waals surface area contributed by atoms with E-state index in [9.17, 15) is 13.2 Å². The van der Waals surface area contributed by atoms with Crippen LogP contribution in [0.2, 0.25) is 10.0 Å². The van der Waals surface area contributed by atoms with Gasteiger partial charge in [-0.25, -0.2) is 13.2 Å². The highest BCUT2D eigenvalue weighted by atomic mass is 35.5. The molecule has 3 N–H and O–H groups in total. The van der Waals surface area contributed by atoms with Crippen molar-refractivity contribution in [3.8, 4) is 0 Å². The highest BCUT2D eigenvalue weighted by Gasteiger charge is 2.21. The van der Waals surface area contributed by atoms with Gasteiger partial charge in [-0.05, 0) is 36.4 Å². The van der Waals surface area contributed by atoms with Crippen LogP contribution in [0.4, 0.5) is 21.9 Å². The normalized spacial score (nSPS) is 10.9. The van der Waals surface area contributed by atoms with Gasteiger partial charge < -0.3 is 10.6 Å². The number of anilines is 3. The van der Waals surface area contributed by atoms with Crippen molar-refractivity contribution in [1.29, 1.82) is 0 Å². The Morgan fingerprint density at radius 2 is 1.39 bits per heavy atom. The number of carbonyl (C=O) groups excluding carboxylic acids is 1. The van der Waals surface area contributed by atoms with E-state index in [1.807, 2.05) is 6.07 Å². The monoisotopic (exact) mass is 435 g/mol. The highest BCUT2D eigenvalue weighted by Crippen LogP contribution is 2.31. The van der Waals surface area contributed by atoms with Gasteiger partial charge in [0.1, 0.15) is 4.90 Å². The zero-order valence-corrected chi connectivity index (χ0v) is 16.6. The Kier molecular flexibility index (Phi) is 6.08. The molecule has 0 spiro atoms. The van der Waals surface area contributed by atoms with E-state index >= 15 is 0 Å². The van der Waals surface area contributed by atoms with E-state index in [0.717, 1.165) is 0 Å². The average Bonchev–Trinajstić information content (AvgIpc) is 2.66. The summed E-state index contributed by atoms with van der Waals surface area (Å²) in [5.41, 5.74) is 1.06. The number of rotatable bonds is 5. The van der Waals surface area contributed by atoms with Crippen LogP contribution >= 0.6 is 23.2 Å². The smallest absolute Gasteiger partial charge is 0.308 e. The molecule has 0 aliphatic rings. The van der Waals surface area contributed by atoms with Gasteiger partial charge in [-0.1, -0.05) is 59.6 Å². The van der Waals surface area contributed by atoms with Gasteiger partial charge in [0.2, 0.25) is 0 Å². The Morgan fingerprint density at radius 1 is 0.750 bits per heavy atom. The number of halogens is 2. The summed E-state index contributed by atoms with van der Waals surface area (Å²) in [5.74, 6) is 0. The molecule has 0 fully saturated rings. The van der Waals surface area contributed by atoms with Crippen LogP contribution < -0.4 is 15.4 Å². The minimum absolute atomic E-state index is 0.0797. The van der Waals surface area contributed by atoms with Crippen LogP contribution in [0, 0.1) is 0 Å². The van der Waals surface area contributed by atoms with Crippen molar-refractivity contribution in [2.45, 2.75) is 4.90 Å². The highest BCUT2D eigenvalue weighted by molar-refractivity contribution is 7.92. The predicted molar refractivity (Wildman–Crippen MR) is 113 cm³/mol. The molecule has 0 aromatic heterocycles. The van der Waals surface area contributed by atoms with E-state index in [1.54, 1.807) is 42.5 Å². The first-order chi connectivity index (χ1) is 13.4. The largest absolute Gasteiger partial charge is 0.323 e.